The van der Waals surface area contributed by atoms with Crippen LogP contribution in [0.4, 0.5) is 0 Å². The van der Waals surface area contributed by atoms with Crippen molar-refractivity contribution in [3.63, 3.8) is 0 Å². The van der Waals surface area contributed by atoms with Gasteiger partial charge in [-0.2, -0.15) is 0 Å². The number of aromatic nitrogens is 3. The summed E-state index contributed by atoms with van der Waals surface area (Å²) >= 11 is 5.96. The van der Waals surface area contributed by atoms with Gasteiger partial charge in [-0.25, -0.2) is 4.98 Å². The molecule has 0 aliphatic heterocycles. The van der Waals surface area contributed by atoms with Crippen molar-refractivity contribution in [3.8, 4) is 0 Å². The average molecular weight is 427 g/mol. The van der Waals surface area contributed by atoms with E-state index in [2.05, 4.69) is 20.3 Å². The van der Waals surface area contributed by atoms with Gasteiger partial charge in [-0.05, 0) is 42.0 Å². The third kappa shape index (κ3) is 3.96. The molecule has 0 unspecified atom stereocenters. The second-order valence-corrected chi connectivity index (χ2v) is 7.70. The van der Waals surface area contributed by atoms with Crippen LogP contribution in [0.3, 0.4) is 0 Å². The Morgan fingerprint density at radius 1 is 0.968 bits per heavy atom. The molecule has 0 saturated heterocycles. The smallest absolute Gasteiger partial charge is 0.255 e. The normalized spacial score (nSPS) is 11.8. The maximum absolute atomic E-state index is 13.2. The number of hydrogen-bond donors (Lipinski definition) is 3. The van der Waals surface area contributed by atoms with Gasteiger partial charge < -0.3 is 15.3 Å². The predicted octanol–water partition coefficient (Wildman–Crippen LogP) is 5.55. The van der Waals surface area contributed by atoms with Crippen LogP contribution in [-0.4, -0.2) is 20.9 Å². The number of amides is 1. The highest BCUT2D eigenvalue weighted by molar-refractivity contribution is 6.30. The van der Waals surface area contributed by atoms with E-state index in [4.69, 9.17) is 11.6 Å². The number of nitrogens with one attached hydrogen (secondary N) is 3. The van der Waals surface area contributed by atoms with Crippen LogP contribution in [0.25, 0.3) is 33.6 Å². The number of H-pyrrole nitrogens is 2. The Morgan fingerprint density at radius 3 is 2.52 bits per heavy atom. The van der Waals surface area contributed by atoms with Crippen LogP contribution >= 0.6 is 11.6 Å². The van der Waals surface area contributed by atoms with E-state index in [1.54, 1.807) is 0 Å². The molecular formula is C25H19ClN4O. The van der Waals surface area contributed by atoms with Gasteiger partial charge in [0.15, 0.2) is 0 Å². The van der Waals surface area contributed by atoms with Crippen molar-refractivity contribution in [1.82, 2.24) is 20.3 Å². The van der Waals surface area contributed by atoms with Crippen molar-refractivity contribution in [2.24, 2.45) is 0 Å². The van der Waals surface area contributed by atoms with Crippen LogP contribution in [0.2, 0.25) is 5.02 Å². The van der Waals surface area contributed by atoms with Gasteiger partial charge in [0.25, 0.3) is 5.91 Å². The molecule has 6 heteroatoms. The van der Waals surface area contributed by atoms with Crippen LogP contribution in [0.15, 0.2) is 79.0 Å². The molecular weight excluding hydrogens is 408 g/mol. The van der Waals surface area contributed by atoms with E-state index >= 15 is 0 Å². The number of benzene rings is 3. The Bertz CT molecular complexity index is 1380. The number of carbonyl (C=O) groups is 1. The number of hydrogen-bond acceptors (Lipinski definition) is 2. The third-order valence-electron chi connectivity index (χ3n) is 5.18. The Balaban J connectivity index is 1.53. The Kier molecular flexibility index (Phi) is 5.02. The summed E-state index contributed by atoms with van der Waals surface area (Å²) in [6.45, 7) is 0.390. The van der Waals surface area contributed by atoms with Crippen molar-refractivity contribution in [2.75, 3.05) is 0 Å². The summed E-state index contributed by atoms with van der Waals surface area (Å²) in [5, 5.41) is 4.71. The summed E-state index contributed by atoms with van der Waals surface area (Å²) in [4.78, 5) is 24.4. The minimum Gasteiger partial charge on any atom is -0.361 e. The first-order valence-electron chi connectivity index (χ1n) is 9.93. The Morgan fingerprint density at radius 2 is 1.71 bits per heavy atom. The maximum Gasteiger partial charge on any atom is 0.255 e. The molecule has 5 rings (SSSR count). The molecule has 0 aliphatic carbocycles. The zero-order chi connectivity index (χ0) is 21.2. The molecule has 3 N–H and O–H groups in total. The lowest BCUT2D eigenvalue weighted by Crippen LogP contribution is -2.24. The highest BCUT2D eigenvalue weighted by Crippen LogP contribution is 2.25. The first-order chi connectivity index (χ1) is 15.2. The summed E-state index contributed by atoms with van der Waals surface area (Å²) in [5.41, 5.74) is 5.07. The van der Waals surface area contributed by atoms with Gasteiger partial charge in [-0.15, -0.1) is 0 Å². The largest absolute Gasteiger partial charge is 0.361 e. The summed E-state index contributed by atoms with van der Waals surface area (Å²) < 4.78 is 0. The second-order valence-electron chi connectivity index (χ2n) is 7.26. The number of rotatable bonds is 5. The van der Waals surface area contributed by atoms with Crippen LogP contribution < -0.4 is 5.32 Å². The first-order valence-corrected chi connectivity index (χ1v) is 10.3. The predicted molar refractivity (Wildman–Crippen MR) is 126 cm³/mol. The van der Waals surface area contributed by atoms with Crippen molar-refractivity contribution in [2.45, 2.75) is 6.54 Å². The molecule has 3 aromatic carbocycles. The lowest BCUT2D eigenvalue weighted by atomic mass is 10.1. The van der Waals surface area contributed by atoms with Gasteiger partial charge in [0, 0.05) is 34.2 Å². The number of nitrogens with zero attached hydrogens (tertiary/aromatic N) is 1. The quantitative estimate of drug-likeness (QED) is 0.322. The van der Waals surface area contributed by atoms with Gasteiger partial charge in [0.05, 0.1) is 16.6 Å². The maximum atomic E-state index is 13.2. The summed E-state index contributed by atoms with van der Waals surface area (Å²) in [6.07, 6.45) is 3.77. The fraction of sp³-hybridized carbons (Fsp3) is 0.0400. The van der Waals surface area contributed by atoms with Crippen LogP contribution in [0, 0.1) is 0 Å². The van der Waals surface area contributed by atoms with Crippen molar-refractivity contribution in [1.29, 1.82) is 0 Å². The molecule has 5 aromatic rings. The zero-order valence-electron chi connectivity index (χ0n) is 16.5. The molecule has 2 aromatic heterocycles. The van der Waals surface area contributed by atoms with Crippen LogP contribution in [0.5, 0.6) is 0 Å². The van der Waals surface area contributed by atoms with Crippen molar-refractivity contribution in [3.05, 3.63) is 101 Å². The minimum absolute atomic E-state index is 0.209. The number of aromatic amines is 2. The minimum atomic E-state index is -0.209. The molecule has 0 spiro atoms. The van der Waals surface area contributed by atoms with Gasteiger partial charge >= 0.3 is 0 Å². The number of carbonyl (C=O) groups excluding carboxylic acids is 1. The fourth-order valence-corrected chi connectivity index (χ4v) is 3.70. The molecule has 0 radical (unpaired) electrons. The number of fused-ring (bicyclic) bond motifs is 2. The Hall–Kier alpha value is -3.83. The van der Waals surface area contributed by atoms with Gasteiger partial charge in [-0.3, -0.25) is 4.79 Å². The summed E-state index contributed by atoms with van der Waals surface area (Å²) in [6, 6.07) is 23.1. The number of imidazole rings is 1. The van der Waals surface area contributed by atoms with Gasteiger partial charge in [0.1, 0.15) is 5.82 Å². The van der Waals surface area contributed by atoms with E-state index in [1.165, 1.54) is 0 Å². The van der Waals surface area contributed by atoms with Crippen LogP contribution in [0.1, 0.15) is 17.0 Å². The number of halogens is 1. The topological polar surface area (TPSA) is 73.6 Å². The zero-order valence-corrected chi connectivity index (χ0v) is 17.3. The van der Waals surface area contributed by atoms with E-state index in [0.717, 1.165) is 33.1 Å². The van der Waals surface area contributed by atoms with Gasteiger partial charge in [-0.1, -0.05) is 54.1 Å². The fourth-order valence-electron chi connectivity index (χ4n) is 3.57. The number of para-hydroxylation sites is 3. The van der Waals surface area contributed by atoms with Crippen molar-refractivity contribution < 1.29 is 4.79 Å². The standard InChI is InChI=1S/C25H19ClN4O/c26-18-11-9-16(10-12-18)14-28-25(31)20(24-29-22-7-3-4-8-23(22)30-24)13-17-15-27-21-6-2-1-5-19(17)21/h1-13,15,27H,14H2,(H,28,31)(H,29,30)/b20-13-. The van der Waals surface area contributed by atoms with E-state index in [0.29, 0.717) is 23.0 Å². The molecule has 0 aliphatic rings. The van der Waals surface area contributed by atoms with Crippen LogP contribution in [-0.2, 0) is 11.3 Å². The summed E-state index contributed by atoms with van der Waals surface area (Å²) in [7, 11) is 0. The summed E-state index contributed by atoms with van der Waals surface area (Å²) in [5.74, 6) is 0.319. The monoisotopic (exact) mass is 426 g/mol. The van der Waals surface area contributed by atoms with E-state index < -0.39 is 0 Å². The van der Waals surface area contributed by atoms with E-state index in [9.17, 15) is 4.79 Å². The molecule has 0 atom stereocenters. The lowest BCUT2D eigenvalue weighted by molar-refractivity contribution is -0.115. The third-order valence-corrected chi connectivity index (χ3v) is 5.43. The highest BCUT2D eigenvalue weighted by atomic mass is 35.5. The van der Waals surface area contributed by atoms with Gasteiger partial charge in [0.2, 0.25) is 0 Å². The molecule has 31 heavy (non-hydrogen) atoms. The SMILES string of the molecule is O=C(NCc1ccc(Cl)cc1)/C(=C\c1c[nH]c2ccccc12)c1nc2ccccc2[nH]1. The Labute approximate surface area is 183 Å². The molecule has 152 valence electrons. The lowest BCUT2D eigenvalue weighted by Gasteiger charge is -2.08. The van der Waals surface area contributed by atoms with Crippen molar-refractivity contribution >= 4 is 51.1 Å². The first kappa shape index (κ1) is 19.2. The highest BCUT2D eigenvalue weighted by Gasteiger charge is 2.17. The molecule has 1 amide bonds. The molecule has 5 nitrogen and oxygen atoms in total. The average Bonchev–Trinajstić information content (AvgIpc) is 3.41. The molecule has 0 bridgehead atoms. The van der Waals surface area contributed by atoms with E-state index in [1.807, 2.05) is 85.1 Å². The second kappa shape index (κ2) is 8.13. The molecule has 0 fully saturated rings. The molecule has 0 saturated carbocycles. The molecule has 2 heterocycles. The van der Waals surface area contributed by atoms with E-state index in [-0.39, 0.29) is 5.91 Å².